The molecule has 39 heavy (non-hydrogen) atoms. The molecule has 0 bridgehead atoms. The lowest BCUT2D eigenvalue weighted by Gasteiger charge is -2.21. The number of carbonyl (C=O) groups excluding carboxylic acids is 1. The van der Waals surface area contributed by atoms with E-state index in [1.54, 1.807) is 83.6 Å². The molecule has 0 radical (unpaired) electrons. The van der Waals surface area contributed by atoms with E-state index in [1.165, 1.54) is 14.2 Å². The summed E-state index contributed by atoms with van der Waals surface area (Å²) in [4.78, 5) is 21.2. The van der Waals surface area contributed by atoms with Gasteiger partial charge < -0.3 is 25.1 Å². The molecule has 5 rings (SSSR count). The fourth-order valence-electron chi connectivity index (χ4n) is 4.11. The molecule has 12 heteroatoms. The predicted molar refractivity (Wildman–Crippen MR) is 149 cm³/mol. The fourth-order valence-corrected chi connectivity index (χ4v) is 4.72. The van der Waals surface area contributed by atoms with Gasteiger partial charge in [0.15, 0.2) is 11.6 Å². The Labute approximate surface area is 225 Å². The van der Waals surface area contributed by atoms with Crippen LogP contribution >= 0.6 is 0 Å². The number of nitrogens with two attached hydrogens (primary N) is 1. The molecule has 0 aliphatic heterocycles. The topological polar surface area (TPSA) is 142 Å². The number of hydrogen-bond donors (Lipinski definition) is 3. The van der Waals surface area contributed by atoms with Gasteiger partial charge in [-0.1, -0.05) is 18.2 Å². The number of hydrogen-bond acceptors (Lipinski definition) is 8. The second kappa shape index (κ2) is 10.7. The minimum absolute atomic E-state index is 0.0476. The van der Waals surface area contributed by atoms with Gasteiger partial charge in [0.05, 0.1) is 30.9 Å². The van der Waals surface area contributed by atoms with Gasteiger partial charge in [0, 0.05) is 35.8 Å². The number of anilines is 4. The van der Waals surface area contributed by atoms with Crippen LogP contribution in [0, 0.1) is 0 Å². The minimum Gasteiger partial charge on any atom is -0.497 e. The zero-order chi connectivity index (χ0) is 27.5. The van der Waals surface area contributed by atoms with Crippen LogP contribution in [0.4, 0.5) is 23.0 Å². The summed E-state index contributed by atoms with van der Waals surface area (Å²) in [6, 6.07) is 22.2. The minimum atomic E-state index is -3.23. The summed E-state index contributed by atoms with van der Waals surface area (Å²) in [7, 11) is -0.165. The summed E-state index contributed by atoms with van der Waals surface area (Å²) in [5.74, 6) is 0.684. The highest BCUT2D eigenvalue weighted by Crippen LogP contribution is 2.35. The van der Waals surface area contributed by atoms with Gasteiger partial charge >= 0.3 is 0 Å². The van der Waals surface area contributed by atoms with Gasteiger partial charge in [0.1, 0.15) is 17.2 Å². The summed E-state index contributed by atoms with van der Waals surface area (Å²) in [6.45, 7) is 0. The second-order valence-electron chi connectivity index (χ2n) is 8.31. The van der Waals surface area contributed by atoms with Crippen molar-refractivity contribution >= 4 is 50.8 Å². The van der Waals surface area contributed by atoms with Crippen LogP contribution in [-0.2, 0) is 10.9 Å². The van der Waals surface area contributed by atoms with Crippen molar-refractivity contribution in [1.82, 2.24) is 14.5 Å². The fraction of sp³-hybridized carbons (Fsp3) is 0.0741. The molecule has 0 aliphatic rings. The third-order valence-electron chi connectivity index (χ3n) is 5.88. The Morgan fingerprint density at radius 3 is 2.23 bits per heavy atom. The molecule has 0 saturated heterocycles. The Balaban J connectivity index is 1.67. The summed E-state index contributed by atoms with van der Waals surface area (Å²) in [5, 5.41) is 3.18. The molecule has 0 atom stereocenters. The second-order valence-corrected chi connectivity index (χ2v) is 9.18. The van der Waals surface area contributed by atoms with E-state index in [0.29, 0.717) is 33.9 Å². The SMILES string of the molecule is COc1cc(Nc2nc3ccccc3nc2N(c2cccc(-n3cccc3C(N)=O)c2)[SH](=O)=O)cc(OC)c1. The number of methoxy groups -OCH3 is 2. The Morgan fingerprint density at radius 2 is 1.59 bits per heavy atom. The number of fused-ring (bicyclic) bond motifs is 1. The Bertz CT molecular complexity index is 1740. The van der Waals surface area contributed by atoms with Gasteiger partial charge in [0.25, 0.3) is 5.91 Å². The van der Waals surface area contributed by atoms with E-state index in [9.17, 15) is 13.2 Å². The highest BCUT2D eigenvalue weighted by atomic mass is 32.2. The van der Waals surface area contributed by atoms with Crippen molar-refractivity contribution in [3.63, 3.8) is 0 Å². The van der Waals surface area contributed by atoms with Crippen molar-refractivity contribution in [3.8, 4) is 17.2 Å². The van der Waals surface area contributed by atoms with Crippen molar-refractivity contribution in [2.24, 2.45) is 5.73 Å². The highest BCUT2D eigenvalue weighted by Gasteiger charge is 2.22. The molecule has 3 N–H and O–H groups in total. The zero-order valence-corrected chi connectivity index (χ0v) is 21.8. The third kappa shape index (κ3) is 5.18. The summed E-state index contributed by atoms with van der Waals surface area (Å²) in [5.41, 5.74) is 8.19. The summed E-state index contributed by atoms with van der Waals surface area (Å²) >= 11 is 0. The summed E-state index contributed by atoms with van der Waals surface area (Å²) < 4.78 is 38.9. The van der Waals surface area contributed by atoms with Gasteiger partial charge in [-0.25, -0.2) is 22.7 Å². The van der Waals surface area contributed by atoms with Crippen LogP contribution in [0.25, 0.3) is 16.7 Å². The Kier molecular flexibility index (Phi) is 7.02. The molecule has 2 heterocycles. The van der Waals surface area contributed by atoms with Crippen LogP contribution in [0.15, 0.2) is 85.1 Å². The predicted octanol–water partition coefficient (Wildman–Crippen LogP) is 3.94. The van der Waals surface area contributed by atoms with Gasteiger partial charge in [-0.3, -0.25) is 4.79 Å². The smallest absolute Gasteiger partial charge is 0.265 e. The van der Waals surface area contributed by atoms with Gasteiger partial charge in [0.2, 0.25) is 10.9 Å². The van der Waals surface area contributed by atoms with Crippen molar-refractivity contribution in [2.75, 3.05) is 23.8 Å². The molecular formula is C27H24N6O5S. The van der Waals surface area contributed by atoms with E-state index in [4.69, 9.17) is 15.2 Å². The van der Waals surface area contributed by atoms with Crippen LogP contribution in [0.2, 0.25) is 0 Å². The van der Waals surface area contributed by atoms with Crippen LogP contribution < -0.4 is 24.8 Å². The Morgan fingerprint density at radius 1 is 0.897 bits per heavy atom. The number of aromatic nitrogens is 3. The number of benzene rings is 3. The molecule has 0 fully saturated rings. The third-order valence-corrected chi connectivity index (χ3v) is 6.63. The van der Waals surface area contributed by atoms with Crippen LogP contribution in [0.1, 0.15) is 10.5 Å². The lowest BCUT2D eigenvalue weighted by atomic mass is 10.2. The number of para-hydroxylation sites is 2. The number of primary amides is 1. The largest absolute Gasteiger partial charge is 0.497 e. The molecule has 0 unspecified atom stereocenters. The monoisotopic (exact) mass is 544 g/mol. The van der Waals surface area contributed by atoms with Gasteiger partial charge in [-0.15, -0.1) is 0 Å². The average Bonchev–Trinajstić information content (AvgIpc) is 3.44. The van der Waals surface area contributed by atoms with E-state index in [-0.39, 0.29) is 23.0 Å². The number of nitrogens with one attached hydrogen (secondary N) is 1. The number of carbonyl (C=O) groups is 1. The van der Waals surface area contributed by atoms with E-state index in [2.05, 4.69) is 15.3 Å². The first-order chi connectivity index (χ1) is 18.9. The van der Waals surface area contributed by atoms with E-state index >= 15 is 0 Å². The van der Waals surface area contributed by atoms with E-state index in [1.807, 2.05) is 6.07 Å². The number of ether oxygens (including phenoxy) is 2. The standard InChI is InChI=1S/C27H24N6O5S/c1-37-20-13-17(14-21(16-20)38-2)29-26-27(31-23-10-4-3-9-22(23)30-26)33(39(35)36)19-8-5-7-18(15-19)32-12-6-11-24(32)25(28)34/h3-16,39H,1-2H3,(H2,28,34)(H,29,30). The maximum Gasteiger partial charge on any atom is 0.265 e. The van der Waals surface area contributed by atoms with Crippen molar-refractivity contribution < 1.29 is 22.7 Å². The number of rotatable bonds is 9. The maximum absolute atomic E-state index is 12.8. The van der Waals surface area contributed by atoms with Gasteiger partial charge in [-0.05, 0) is 42.5 Å². The lowest BCUT2D eigenvalue weighted by molar-refractivity contribution is 0.0994. The van der Waals surface area contributed by atoms with Crippen molar-refractivity contribution in [3.05, 3.63) is 90.8 Å². The summed E-state index contributed by atoms with van der Waals surface area (Å²) in [6.07, 6.45) is 1.67. The highest BCUT2D eigenvalue weighted by molar-refractivity contribution is 7.74. The molecule has 11 nitrogen and oxygen atoms in total. The molecule has 5 aromatic rings. The molecule has 2 aromatic heterocycles. The molecule has 0 spiro atoms. The quantitative estimate of drug-likeness (QED) is 0.237. The Hall–Kier alpha value is -5.10. The number of nitrogens with zero attached hydrogens (tertiary/aromatic N) is 4. The lowest BCUT2D eigenvalue weighted by Crippen LogP contribution is -2.19. The first-order valence-electron chi connectivity index (χ1n) is 11.7. The van der Waals surface area contributed by atoms with Crippen LogP contribution in [0.5, 0.6) is 11.5 Å². The molecule has 0 saturated carbocycles. The van der Waals surface area contributed by atoms with Crippen LogP contribution in [-0.4, -0.2) is 43.1 Å². The van der Waals surface area contributed by atoms with Crippen molar-refractivity contribution in [1.29, 1.82) is 0 Å². The average molecular weight is 545 g/mol. The number of thiol groups is 1. The first kappa shape index (κ1) is 25.5. The van der Waals surface area contributed by atoms with Gasteiger partial charge in [-0.2, -0.15) is 0 Å². The molecular weight excluding hydrogens is 520 g/mol. The van der Waals surface area contributed by atoms with Crippen molar-refractivity contribution in [2.45, 2.75) is 0 Å². The zero-order valence-electron chi connectivity index (χ0n) is 20.9. The maximum atomic E-state index is 12.8. The number of amides is 1. The van der Waals surface area contributed by atoms with E-state index < -0.39 is 16.8 Å². The molecule has 3 aromatic carbocycles. The molecule has 1 amide bonds. The van der Waals surface area contributed by atoms with E-state index in [0.717, 1.165) is 4.31 Å². The molecule has 198 valence electrons. The molecule has 0 aliphatic carbocycles. The normalized spacial score (nSPS) is 10.9. The first-order valence-corrected chi connectivity index (χ1v) is 12.8. The van der Waals surface area contributed by atoms with Crippen LogP contribution in [0.3, 0.4) is 0 Å².